The summed E-state index contributed by atoms with van der Waals surface area (Å²) in [4.78, 5) is 23.6. The number of carbonyl (C=O) groups is 2. The van der Waals surface area contributed by atoms with Gasteiger partial charge in [0, 0.05) is 11.6 Å². The van der Waals surface area contributed by atoms with E-state index >= 15 is 0 Å². The third kappa shape index (κ3) is 7.88. The van der Waals surface area contributed by atoms with Crippen LogP contribution in [0.3, 0.4) is 0 Å². The summed E-state index contributed by atoms with van der Waals surface area (Å²) >= 11 is 5.89. The van der Waals surface area contributed by atoms with Crippen LogP contribution >= 0.6 is 11.6 Å². The van der Waals surface area contributed by atoms with Crippen LogP contribution in [-0.2, 0) is 26.0 Å². The van der Waals surface area contributed by atoms with Crippen molar-refractivity contribution in [2.24, 2.45) is 0 Å². The fraction of sp³-hybridized carbons (Fsp3) is 0.200. The quantitative estimate of drug-likeness (QED) is 0.332. The van der Waals surface area contributed by atoms with Gasteiger partial charge >= 0.3 is 5.97 Å². The molecule has 3 N–H and O–H groups in total. The van der Waals surface area contributed by atoms with Crippen LogP contribution in [0.25, 0.3) is 11.1 Å². The first-order chi connectivity index (χ1) is 16.6. The minimum Gasteiger partial charge on any atom is -0.480 e. The zero-order valence-corrected chi connectivity index (χ0v) is 20.2. The second-order valence-corrected chi connectivity index (χ2v) is 9.99. The van der Waals surface area contributed by atoms with Crippen LogP contribution in [-0.4, -0.2) is 38.0 Å². The highest BCUT2D eigenvalue weighted by Crippen LogP contribution is 2.23. The van der Waals surface area contributed by atoms with Crippen molar-refractivity contribution in [3.8, 4) is 11.1 Å². The first-order valence-electron chi connectivity index (χ1n) is 10.8. The van der Waals surface area contributed by atoms with Crippen molar-refractivity contribution in [1.82, 2.24) is 10.0 Å². The Morgan fingerprint density at radius 2 is 1.49 bits per heavy atom. The van der Waals surface area contributed by atoms with Gasteiger partial charge in [-0.2, -0.15) is 4.72 Å². The lowest BCUT2D eigenvalue weighted by Gasteiger charge is -2.15. The number of halogens is 2. The maximum absolute atomic E-state index is 12.9. The van der Waals surface area contributed by atoms with Gasteiger partial charge in [-0.25, -0.2) is 12.8 Å². The predicted octanol–water partition coefficient (Wildman–Crippen LogP) is 4.02. The summed E-state index contributed by atoms with van der Waals surface area (Å²) in [5.74, 6) is -2.01. The third-order valence-corrected chi connectivity index (χ3v) is 6.95. The number of carbonyl (C=O) groups excluding carboxylic acids is 1. The molecule has 0 saturated heterocycles. The lowest BCUT2D eigenvalue weighted by molar-refractivity contribution is -0.139. The molecule has 1 amide bonds. The Morgan fingerprint density at radius 1 is 0.914 bits per heavy atom. The van der Waals surface area contributed by atoms with Gasteiger partial charge in [0.25, 0.3) is 0 Å². The monoisotopic (exact) mass is 518 g/mol. The van der Waals surface area contributed by atoms with E-state index in [1.807, 2.05) is 12.1 Å². The third-order valence-electron chi connectivity index (χ3n) is 5.21. The Morgan fingerprint density at radius 3 is 2.06 bits per heavy atom. The zero-order valence-electron chi connectivity index (χ0n) is 18.6. The highest BCUT2D eigenvalue weighted by Gasteiger charge is 2.25. The van der Waals surface area contributed by atoms with Crippen molar-refractivity contribution in [3.05, 3.63) is 89.2 Å². The van der Waals surface area contributed by atoms with E-state index in [1.165, 1.54) is 36.4 Å². The van der Waals surface area contributed by atoms with Crippen LogP contribution in [0.15, 0.2) is 77.7 Å². The van der Waals surface area contributed by atoms with Crippen molar-refractivity contribution in [2.45, 2.75) is 30.2 Å². The summed E-state index contributed by atoms with van der Waals surface area (Å²) in [7, 11) is -4.08. The van der Waals surface area contributed by atoms with Crippen LogP contribution in [0.1, 0.15) is 18.4 Å². The van der Waals surface area contributed by atoms with Crippen LogP contribution in [0, 0.1) is 5.82 Å². The van der Waals surface area contributed by atoms with Gasteiger partial charge in [-0.05, 0) is 65.9 Å². The second kappa shape index (κ2) is 11.9. The molecule has 0 unspecified atom stereocenters. The van der Waals surface area contributed by atoms with Crippen molar-refractivity contribution in [1.29, 1.82) is 0 Å². The Balaban J connectivity index is 1.53. The van der Waals surface area contributed by atoms with Crippen LogP contribution in [0.4, 0.5) is 4.39 Å². The number of nitrogens with one attached hydrogen (secondary N) is 2. The average molecular weight is 519 g/mol. The molecular weight excluding hydrogens is 495 g/mol. The minimum absolute atomic E-state index is 0.0196. The van der Waals surface area contributed by atoms with Gasteiger partial charge in [-0.3, -0.25) is 9.59 Å². The van der Waals surface area contributed by atoms with Gasteiger partial charge in [-0.15, -0.1) is 0 Å². The van der Waals surface area contributed by atoms with Crippen LogP contribution in [0.2, 0.25) is 5.02 Å². The Hall–Kier alpha value is -3.27. The normalized spacial score (nSPS) is 12.2. The number of hydrogen-bond acceptors (Lipinski definition) is 4. The molecule has 1 atom stereocenters. The van der Waals surface area contributed by atoms with E-state index in [4.69, 9.17) is 11.6 Å². The van der Waals surface area contributed by atoms with Crippen molar-refractivity contribution < 1.29 is 27.5 Å². The molecule has 0 aliphatic heterocycles. The summed E-state index contributed by atoms with van der Waals surface area (Å²) in [5, 5.41) is 12.7. The molecule has 35 heavy (non-hydrogen) atoms. The van der Waals surface area contributed by atoms with Gasteiger partial charge in [-0.1, -0.05) is 48.0 Å². The molecule has 3 rings (SSSR count). The maximum Gasteiger partial charge on any atom is 0.321 e. The van der Waals surface area contributed by atoms with Crippen LogP contribution < -0.4 is 10.0 Å². The molecule has 0 fully saturated rings. The smallest absolute Gasteiger partial charge is 0.321 e. The molecule has 0 saturated carbocycles. The molecule has 0 heterocycles. The van der Waals surface area contributed by atoms with Crippen molar-refractivity contribution in [2.75, 3.05) is 6.54 Å². The highest BCUT2D eigenvalue weighted by atomic mass is 35.5. The summed E-state index contributed by atoms with van der Waals surface area (Å²) in [6.45, 7) is 0.168. The van der Waals surface area contributed by atoms with E-state index in [0.717, 1.165) is 11.1 Å². The lowest BCUT2D eigenvalue weighted by Crippen LogP contribution is -2.41. The molecule has 3 aromatic rings. The number of hydrogen-bond donors (Lipinski definition) is 3. The topological polar surface area (TPSA) is 113 Å². The number of aliphatic carboxylic acids is 1. The van der Waals surface area contributed by atoms with Gasteiger partial charge in [0.2, 0.25) is 15.9 Å². The number of rotatable bonds is 11. The largest absolute Gasteiger partial charge is 0.480 e. The van der Waals surface area contributed by atoms with E-state index in [1.54, 1.807) is 24.3 Å². The zero-order chi connectivity index (χ0) is 25.4. The summed E-state index contributed by atoms with van der Waals surface area (Å²) in [6.07, 6.45) is 0.277. The molecule has 3 aromatic carbocycles. The lowest BCUT2D eigenvalue weighted by atomic mass is 10.1. The summed E-state index contributed by atoms with van der Waals surface area (Å²) in [6, 6.07) is 17.3. The minimum atomic E-state index is -4.08. The number of amides is 1. The van der Waals surface area contributed by atoms with Gasteiger partial charge in [0.15, 0.2) is 0 Å². The fourth-order valence-electron chi connectivity index (χ4n) is 3.34. The highest BCUT2D eigenvalue weighted by molar-refractivity contribution is 7.89. The number of sulfonamides is 1. The van der Waals surface area contributed by atoms with Gasteiger partial charge in [0.1, 0.15) is 11.9 Å². The molecular formula is C25H24ClFN2O5S. The molecule has 184 valence electrons. The summed E-state index contributed by atoms with van der Waals surface area (Å²) < 4.78 is 40.6. The second-order valence-electron chi connectivity index (χ2n) is 7.84. The maximum atomic E-state index is 12.9. The molecule has 10 heteroatoms. The predicted molar refractivity (Wildman–Crippen MR) is 131 cm³/mol. The molecule has 0 radical (unpaired) electrons. The first-order valence-corrected chi connectivity index (χ1v) is 12.6. The first kappa shape index (κ1) is 26.3. The van der Waals surface area contributed by atoms with Crippen LogP contribution in [0.5, 0.6) is 0 Å². The Kier molecular flexibility index (Phi) is 8.97. The van der Waals surface area contributed by atoms with E-state index < -0.39 is 27.9 Å². The Bertz CT molecular complexity index is 1260. The number of carboxylic acids is 1. The molecule has 0 aliphatic carbocycles. The Labute approximate surface area is 208 Å². The van der Waals surface area contributed by atoms with E-state index in [2.05, 4.69) is 10.0 Å². The average Bonchev–Trinajstić information content (AvgIpc) is 2.83. The molecule has 0 spiro atoms. The fourth-order valence-corrected chi connectivity index (χ4v) is 4.69. The number of carboxylic acid groups (broad SMARTS) is 1. The van der Waals surface area contributed by atoms with Crippen molar-refractivity contribution in [3.63, 3.8) is 0 Å². The molecule has 0 aliphatic rings. The van der Waals surface area contributed by atoms with Gasteiger partial charge < -0.3 is 10.4 Å². The molecule has 7 nitrogen and oxygen atoms in total. The molecule has 0 aromatic heterocycles. The van der Waals surface area contributed by atoms with Gasteiger partial charge in [0.05, 0.1) is 11.3 Å². The molecule has 0 bridgehead atoms. The van der Waals surface area contributed by atoms with E-state index in [9.17, 15) is 27.5 Å². The standard InChI is InChI=1S/C25H24ClFN2O5S/c26-20-9-5-18(6-10-20)19-7-13-22(14-8-19)35(33,34)29-23(25(31)32)2-1-15-28-24(30)16-17-3-11-21(27)12-4-17/h3-14,23,29H,1-2,15-16H2,(H,28,30)(H,31,32)/t23-/m0/s1. The van der Waals surface area contributed by atoms with Crippen molar-refractivity contribution >= 4 is 33.5 Å². The number of benzene rings is 3. The van der Waals surface area contributed by atoms with E-state index in [0.29, 0.717) is 10.6 Å². The SMILES string of the molecule is O=C(Cc1ccc(F)cc1)NCCC[C@H](NS(=O)(=O)c1ccc(-c2ccc(Cl)cc2)cc1)C(=O)O. The summed E-state index contributed by atoms with van der Waals surface area (Å²) in [5.41, 5.74) is 2.28. The van der Waals surface area contributed by atoms with E-state index in [-0.39, 0.29) is 36.6 Å².